The second kappa shape index (κ2) is 9.07. The third-order valence-corrected chi connectivity index (χ3v) is 6.65. The molecule has 0 bridgehead atoms. The van der Waals surface area contributed by atoms with Gasteiger partial charge in [0.05, 0.1) is 16.1 Å². The number of hydrogen-bond donors (Lipinski definition) is 3. The van der Waals surface area contributed by atoms with Crippen LogP contribution in [0.2, 0.25) is 0 Å². The average molecular weight is 426 g/mol. The van der Waals surface area contributed by atoms with E-state index in [4.69, 9.17) is 4.98 Å². The Hall–Kier alpha value is -2.55. The molecule has 0 saturated carbocycles. The number of fused-ring (bicyclic) bond motifs is 1. The standard InChI is InChI=1S/C22H27N5O2S/c1-14-12-25-22(24-7-4-9-27-10-8-23-13-15(27)2)26-20(14)19-11-17-16(21(28)29)5-3-6-18(17)30-19/h3,5-6,11-12,15,23H,4,7-10,13H2,1-2H3,(H,28,29)(H,24,25,26)/t15-/m0/s1. The van der Waals surface area contributed by atoms with E-state index in [0.717, 1.165) is 65.4 Å². The number of carboxylic acid groups (broad SMARTS) is 1. The topological polar surface area (TPSA) is 90.4 Å². The highest BCUT2D eigenvalue weighted by Crippen LogP contribution is 2.35. The van der Waals surface area contributed by atoms with Crippen LogP contribution in [-0.4, -0.2) is 64.7 Å². The van der Waals surface area contributed by atoms with Crippen LogP contribution >= 0.6 is 11.3 Å². The van der Waals surface area contributed by atoms with E-state index >= 15 is 0 Å². The molecule has 1 aromatic carbocycles. The summed E-state index contributed by atoms with van der Waals surface area (Å²) in [4.78, 5) is 24.1. The van der Waals surface area contributed by atoms with E-state index in [1.54, 1.807) is 23.5 Å². The van der Waals surface area contributed by atoms with Crippen LogP contribution in [0.1, 0.15) is 29.3 Å². The Kier molecular flexibility index (Phi) is 6.26. The molecule has 1 aliphatic rings. The fourth-order valence-corrected chi connectivity index (χ4v) is 4.98. The van der Waals surface area contributed by atoms with E-state index in [9.17, 15) is 9.90 Å². The lowest BCUT2D eigenvalue weighted by Gasteiger charge is -2.33. The summed E-state index contributed by atoms with van der Waals surface area (Å²) in [5.74, 6) is -0.301. The van der Waals surface area contributed by atoms with E-state index < -0.39 is 5.97 Å². The summed E-state index contributed by atoms with van der Waals surface area (Å²) >= 11 is 1.56. The van der Waals surface area contributed by atoms with Gasteiger partial charge in [-0.2, -0.15) is 0 Å². The maximum absolute atomic E-state index is 11.5. The molecule has 158 valence electrons. The minimum atomic E-state index is -0.912. The van der Waals surface area contributed by atoms with Crippen LogP contribution < -0.4 is 10.6 Å². The number of anilines is 1. The van der Waals surface area contributed by atoms with E-state index in [2.05, 4.69) is 27.4 Å². The molecule has 7 nitrogen and oxygen atoms in total. The van der Waals surface area contributed by atoms with Gasteiger partial charge in [-0.3, -0.25) is 4.90 Å². The Bertz CT molecular complexity index is 1050. The van der Waals surface area contributed by atoms with Gasteiger partial charge in [0.25, 0.3) is 0 Å². The fourth-order valence-electron chi connectivity index (χ4n) is 3.84. The number of carboxylic acids is 1. The van der Waals surface area contributed by atoms with Gasteiger partial charge in [0, 0.05) is 55.0 Å². The van der Waals surface area contributed by atoms with Crippen LogP contribution in [0.25, 0.3) is 20.7 Å². The number of thiophene rings is 1. The molecule has 3 aromatic rings. The van der Waals surface area contributed by atoms with Gasteiger partial charge in [-0.25, -0.2) is 14.8 Å². The van der Waals surface area contributed by atoms with E-state index in [1.165, 1.54) is 0 Å². The minimum Gasteiger partial charge on any atom is -0.478 e. The number of aryl methyl sites for hydroxylation is 1. The van der Waals surface area contributed by atoms with Crippen molar-refractivity contribution < 1.29 is 9.90 Å². The molecule has 0 unspecified atom stereocenters. The molecule has 0 radical (unpaired) electrons. The molecule has 8 heteroatoms. The molecular formula is C22H27N5O2S. The summed E-state index contributed by atoms with van der Waals surface area (Å²) in [7, 11) is 0. The van der Waals surface area contributed by atoms with Crippen molar-refractivity contribution in [2.75, 3.05) is 38.0 Å². The third-order valence-electron chi connectivity index (χ3n) is 5.54. The Labute approximate surface area is 180 Å². The van der Waals surface area contributed by atoms with E-state index in [-0.39, 0.29) is 0 Å². The first kappa shape index (κ1) is 20.7. The van der Waals surface area contributed by atoms with Crippen LogP contribution in [0.15, 0.2) is 30.5 Å². The van der Waals surface area contributed by atoms with Crippen LogP contribution in [-0.2, 0) is 0 Å². The van der Waals surface area contributed by atoms with Crippen molar-refractivity contribution in [1.82, 2.24) is 20.2 Å². The highest BCUT2D eigenvalue weighted by molar-refractivity contribution is 7.22. The van der Waals surface area contributed by atoms with Crippen LogP contribution in [0, 0.1) is 6.92 Å². The van der Waals surface area contributed by atoms with Crippen molar-refractivity contribution in [3.05, 3.63) is 41.6 Å². The Morgan fingerprint density at radius 2 is 2.30 bits per heavy atom. The minimum absolute atomic E-state index is 0.321. The normalized spacial score (nSPS) is 17.3. The van der Waals surface area contributed by atoms with Gasteiger partial charge in [-0.1, -0.05) is 6.07 Å². The maximum atomic E-state index is 11.5. The predicted octanol–water partition coefficient (Wildman–Crippen LogP) is 3.46. The number of piperazine rings is 1. The molecule has 30 heavy (non-hydrogen) atoms. The SMILES string of the molecule is Cc1cnc(NCCCN2CCNC[C@@H]2C)nc1-c1cc2c(C(=O)O)cccc2s1. The summed E-state index contributed by atoms with van der Waals surface area (Å²) < 4.78 is 0.947. The zero-order valence-corrected chi connectivity index (χ0v) is 18.1. The lowest BCUT2D eigenvalue weighted by molar-refractivity contribution is 0.0699. The highest BCUT2D eigenvalue weighted by atomic mass is 32.1. The Morgan fingerprint density at radius 1 is 1.43 bits per heavy atom. The first-order chi connectivity index (χ1) is 14.5. The summed E-state index contributed by atoms with van der Waals surface area (Å²) in [6.07, 6.45) is 2.85. The van der Waals surface area contributed by atoms with Crippen LogP contribution in [0.3, 0.4) is 0 Å². The molecule has 0 aliphatic carbocycles. The molecule has 1 fully saturated rings. The molecule has 1 saturated heterocycles. The summed E-state index contributed by atoms with van der Waals surface area (Å²) in [6.45, 7) is 9.31. The summed E-state index contributed by atoms with van der Waals surface area (Å²) in [5, 5.41) is 17.0. The fraction of sp³-hybridized carbons (Fsp3) is 0.409. The van der Waals surface area contributed by atoms with Crippen molar-refractivity contribution in [3.8, 4) is 10.6 Å². The second-order valence-electron chi connectivity index (χ2n) is 7.73. The van der Waals surface area contributed by atoms with E-state index in [0.29, 0.717) is 17.6 Å². The molecule has 1 aliphatic heterocycles. The first-order valence-electron chi connectivity index (χ1n) is 10.3. The van der Waals surface area contributed by atoms with Crippen molar-refractivity contribution in [3.63, 3.8) is 0 Å². The maximum Gasteiger partial charge on any atom is 0.336 e. The second-order valence-corrected chi connectivity index (χ2v) is 8.81. The zero-order chi connectivity index (χ0) is 21.1. The van der Waals surface area contributed by atoms with Gasteiger partial charge >= 0.3 is 5.97 Å². The Balaban J connectivity index is 1.46. The van der Waals surface area contributed by atoms with Gasteiger partial charge in [0.2, 0.25) is 5.95 Å². The quantitative estimate of drug-likeness (QED) is 0.500. The molecule has 1 atom stereocenters. The lowest BCUT2D eigenvalue weighted by Crippen LogP contribution is -2.50. The number of rotatable bonds is 7. The molecule has 3 N–H and O–H groups in total. The first-order valence-corrected chi connectivity index (χ1v) is 11.1. The Morgan fingerprint density at radius 3 is 3.10 bits per heavy atom. The third kappa shape index (κ3) is 4.45. The average Bonchev–Trinajstić information content (AvgIpc) is 3.17. The van der Waals surface area contributed by atoms with Crippen LogP contribution in [0.5, 0.6) is 0 Å². The van der Waals surface area contributed by atoms with Crippen molar-refractivity contribution in [2.24, 2.45) is 0 Å². The molecule has 2 aromatic heterocycles. The summed E-state index contributed by atoms with van der Waals surface area (Å²) in [5.41, 5.74) is 2.14. The van der Waals surface area contributed by atoms with Gasteiger partial charge in [-0.15, -0.1) is 11.3 Å². The van der Waals surface area contributed by atoms with Crippen molar-refractivity contribution in [1.29, 1.82) is 0 Å². The number of nitrogens with one attached hydrogen (secondary N) is 2. The zero-order valence-electron chi connectivity index (χ0n) is 17.3. The predicted molar refractivity (Wildman–Crippen MR) is 122 cm³/mol. The number of benzene rings is 1. The molecule has 0 spiro atoms. The molecule has 3 heterocycles. The van der Waals surface area contributed by atoms with Gasteiger partial charge < -0.3 is 15.7 Å². The highest BCUT2D eigenvalue weighted by Gasteiger charge is 2.17. The van der Waals surface area contributed by atoms with E-state index in [1.807, 2.05) is 25.3 Å². The van der Waals surface area contributed by atoms with Gasteiger partial charge in [0.15, 0.2) is 0 Å². The lowest BCUT2D eigenvalue weighted by atomic mass is 10.1. The smallest absolute Gasteiger partial charge is 0.336 e. The number of aromatic nitrogens is 2. The van der Waals surface area contributed by atoms with Gasteiger partial charge in [0.1, 0.15) is 0 Å². The monoisotopic (exact) mass is 425 g/mol. The largest absolute Gasteiger partial charge is 0.478 e. The number of carbonyl (C=O) groups is 1. The number of nitrogens with zero attached hydrogens (tertiary/aromatic N) is 3. The molecule has 0 amide bonds. The van der Waals surface area contributed by atoms with Crippen molar-refractivity contribution in [2.45, 2.75) is 26.3 Å². The van der Waals surface area contributed by atoms with Crippen LogP contribution in [0.4, 0.5) is 5.95 Å². The molecule has 4 rings (SSSR count). The van der Waals surface area contributed by atoms with Gasteiger partial charge in [-0.05, 0) is 44.0 Å². The summed E-state index contributed by atoms with van der Waals surface area (Å²) in [6, 6.07) is 7.87. The number of aromatic carboxylic acids is 1. The molecular weight excluding hydrogens is 398 g/mol. The van der Waals surface area contributed by atoms with Crippen molar-refractivity contribution >= 4 is 33.3 Å². The number of hydrogen-bond acceptors (Lipinski definition) is 7.